The second-order valence-corrected chi connectivity index (χ2v) is 7.60. The fraction of sp³-hybridized carbons (Fsp3) is 0.300. The largest absolute Gasteiger partial charge is 0.465 e. The fourth-order valence-electron chi connectivity index (χ4n) is 2.95. The maximum atomic E-state index is 13.0. The molecule has 1 amide bonds. The zero-order valence-corrected chi connectivity index (χ0v) is 17.1. The van der Waals surface area contributed by atoms with Crippen LogP contribution in [0.2, 0.25) is 0 Å². The van der Waals surface area contributed by atoms with Gasteiger partial charge in [-0.25, -0.2) is 9.78 Å². The van der Waals surface area contributed by atoms with Crippen molar-refractivity contribution in [2.45, 2.75) is 33.7 Å². The van der Waals surface area contributed by atoms with Gasteiger partial charge in [-0.1, -0.05) is 12.1 Å². The van der Waals surface area contributed by atoms with Gasteiger partial charge in [0.1, 0.15) is 15.7 Å². The van der Waals surface area contributed by atoms with Crippen LogP contribution < -0.4 is 10.9 Å². The van der Waals surface area contributed by atoms with Crippen LogP contribution in [0.5, 0.6) is 0 Å². The van der Waals surface area contributed by atoms with Gasteiger partial charge in [-0.15, -0.1) is 11.3 Å². The summed E-state index contributed by atoms with van der Waals surface area (Å²) in [5, 5.41) is 3.21. The highest BCUT2D eigenvalue weighted by molar-refractivity contribution is 7.20. The molecule has 1 N–H and O–H groups in total. The van der Waals surface area contributed by atoms with Crippen LogP contribution in [-0.4, -0.2) is 28.5 Å². The van der Waals surface area contributed by atoms with E-state index < -0.39 is 12.0 Å². The maximum Gasteiger partial charge on any atom is 0.348 e. The number of methoxy groups -OCH3 is 1. The van der Waals surface area contributed by atoms with E-state index in [1.54, 1.807) is 13.8 Å². The van der Waals surface area contributed by atoms with Gasteiger partial charge in [0.25, 0.3) is 5.56 Å². The van der Waals surface area contributed by atoms with Crippen molar-refractivity contribution in [3.8, 4) is 0 Å². The van der Waals surface area contributed by atoms with Gasteiger partial charge in [-0.3, -0.25) is 14.2 Å². The van der Waals surface area contributed by atoms with Gasteiger partial charge < -0.3 is 10.1 Å². The molecule has 1 atom stereocenters. The first-order chi connectivity index (χ1) is 13.3. The lowest BCUT2D eigenvalue weighted by molar-refractivity contribution is -0.118. The number of ether oxygens (including phenoxy) is 1. The van der Waals surface area contributed by atoms with E-state index in [0.717, 1.165) is 22.5 Å². The Kier molecular flexibility index (Phi) is 5.33. The van der Waals surface area contributed by atoms with Gasteiger partial charge in [0.05, 0.1) is 18.8 Å². The molecule has 146 valence electrons. The van der Waals surface area contributed by atoms with E-state index in [2.05, 4.69) is 10.3 Å². The van der Waals surface area contributed by atoms with Gasteiger partial charge in [0.2, 0.25) is 5.91 Å². The fourth-order valence-corrected chi connectivity index (χ4v) is 4.01. The Balaban J connectivity index is 1.98. The number of amides is 1. The topological polar surface area (TPSA) is 90.3 Å². The van der Waals surface area contributed by atoms with Crippen LogP contribution >= 0.6 is 11.3 Å². The number of aromatic nitrogens is 2. The van der Waals surface area contributed by atoms with E-state index in [9.17, 15) is 14.4 Å². The number of fused-ring (bicyclic) bond motifs is 1. The summed E-state index contributed by atoms with van der Waals surface area (Å²) in [5.74, 6) is -0.829. The van der Waals surface area contributed by atoms with Crippen molar-refractivity contribution in [1.82, 2.24) is 9.55 Å². The maximum absolute atomic E-state index is 13.0. The lowest BCUT2D eigenvalue weighted by Gasteiger charge is -2.16. The van der Waals surface area contributed by atoms with Crippen LogP contribution in [0.15, 0.2) is 29.3 Å². The molecule has 0 spiro atoms. The highest BCUT2D eigenvalue weighted by atomic mass is 32.1. The van der Waals surface area contributed by atoms with Crippen LogP contribution in [0.3, 0.4) is 0 Å². The van der Waals surface area contributed by atoms with E-state index in [-0.39, 0.29) is 11.5 Å². The van der Waals surface area contributed by atoms with E-state index in [1.165, 1.54) is 18.0 Å². The first-order valence-electron chi connectivity index (χ1n) is 8.71. The number of hydrogen-bond donors (Lipinski definition) is 1. The number of hydrogen-bond acceptors (Lipinski definition) is 6. The van der Waals surface area contributed by atoms with Crippen molar-refractivity contribution >= 4 is 39.1 Å². The molecule has 0 radical (unpaired) electrons. The summed E-state index contributed by atoms with van der Waals surface area (Å²) in [5.41, 5.74) is 2.90. The predicted octanol–water partition coefficient (Wildman–Crippen LogP) is 3.37. The van der Waals surface area contributed by atoms with Gasteiger partial charge in [0, 0.05) is 5.69 Å². The van der Waals surface area contributed by atoms with E-state index in [4.69, 9.17) is 4.74 Å². The number of rotatable bonds is 4. The predicted molar refractivity (Wildman–Crippen MR) is 109 cm³/mol. The number of benzene rings is 1. The molecule has 3 rings (SSSR count). The molecule has 3 aromatic rings. The summed E-state index contributed by atoms with van der Waals surface area (Å²) in [7, 11) is 1.29. The smallest absolute Gasteiger partial charge is 0.348 e. The summed E-state index contributed by atoms with van der Waals surface area (Å²) in [4.78, 5) is 42.7. The van der Waals surface area contributed by atoms with E-state index in [0.29, 0.717) is 26.3 Å². The van der Waals surface area contributed by atoms with E-state index in [1.807, 2.05) is 32.0 Å². The van der Waals surface area contributed by atoms with Crippen molar-refractivity contribution < 1.29 is 14.3 Å². The molecular formula is C20H21N3O4S. The average molecular weight is 399 g/mol. The average Bonchev–Trinajstić information content (AvgIpc) is 3.02. The number of carbonyl (C=O) groups is 2. The molecule has 0 aliphatic rings. The summed E-state index contributed by atoms with van der Waals surface area (Å²) in [6, 6.07) is 4.88. The van der Waals surface area contributed by atoms with Gasteiger partial charge in [0.15, 0.2) is 0 Å². The number of anilines is 1. The van der Waals surface area contributed by atoms with Crippen LogP contribution in [0.4, 0.5) is 5.69 Å². The van der Waals surface area contributed by atoms with Crippen LogP contribution in [0.25, 0.3) is 10.2 Å². The molecule has 0 unspecified atom stereocenters. The van der Waals surface area contributed by atoms with Crippen molar-refractivity contribution in [3.05, 3.63) is 56.4 Å². The Morgan fingerprint density at radius 2 is 1.93 bits per heavy atom. The van der Waals surface area contributed by atoms with Crippen LogP contribution in [0.1, 0.15) is 39.3 Å². The SMILES string of the molecule is COC(=O)c1sc2ncn([C@H](C)C(=O)Nc3cccc(C)c3C)c(=O)c2c1C. The first-order valence-corrected chi connectivity index (χ1v) is 9.53. The third-order valence-electron chi connectivity index (χ3n) is 4.91. The molecule has 28 heavy (non-hydrogen) atoms. The molecule has 8 heteroatoms. The summed E-state index contributed by atoms with van der Waals surface area (Å²) in [6.07, 6.45) is 1.34. The monoisotopic (exact) mass is 399 g/mol. The lowest BCUT2D eigenvalue weighted by Crippen LogP contribution is -2.32. The molecule has 7 nitrogen and oxygen atoms in total. The minimum atomic E-state index is -0.773. The minimum absolute atomic E-state index is 0.321. The Hall–Kier alpha value is -3.00. The molecule has 0 aliphatic carbocycles. The van der Waals surface area contributed by atoms with Gasteiger partial charge in [-0.2, -0.15) is 0 Å². The highest BCUT2D eigenvalue weighted by Crippen LogP contribution is 2.28. The Bertz CT molecular complexity index is 1150. The zero-order valence-electron chi connectivity index (χ0n) is 16.3. The van der Waals surface area contributed by atoms with Crippen LogP contribution in [0, 0.1) is 20.8 Å². The van der Waals surface area contributed by atoms with Crippen molar-refractivity contribution in [2.75, 3.05) is 12.4 Å². The third-order valence-corrected chi connectivity index (χ3v) is 6.09. The Morgan fingerprint density at radius 1 is 1.21 bits per heavy atom. The summed E-state index contributed by atoms with van der Waals surface area (Å²) < 4.78 is 6.04. The molecule has 0 bridgehead atoms. The highest BCUT2D eigenvalue weighted by Gasteiger charge is 2.23. The van der Waals surface area contributed by atoms with Crippen molar-refractivity contribution in [3.63, 3.8) is 0 Å². The van der Waals surface area contributed by atoms with Crippen LogP contribution in [-0.2, 0) is 9.53 Å². The summed E-state index contributed by atoms with van der Waals surface area (Å²) >= 11 is 1.11. The zero-order chi connectivity index (χ0) is 20.6. The lowest BCUT2D eigenvalue weighted by atomic mass is 10.1. The molecule has 0 saturated heterocycles. The number of thiophene rings is 1. The van der Waals surface area contributed by atoms with Gasteiger partial charge >= 0.3 is 5.97 Å². The first kappa shape index (κ1) is 19.8. The van der Waals surface area contributed by atoms with E-state index >= 15 is 0 Å². The second kappa shape index (κ2) is 7.55. The molecule has 1 aromatic carbocycles. The Labute approximate surface area is 166 Å². The minimum Gasteiger partial charge on any atom is -0.465 e. The second-order valence-electron chi connectivity index (χ2n) is 6.60. The quantitative estimate of drug-likeness (QED) is 0.680. The molecule has 2 aromatic heterocycles. The number of nitrogens with one attached hydrogen (secondary N) is 1. The number of esters is 1. The third kappa shape index (κ3) is 3.31. The normalized spacial score (nSPS) is 12.0. The van der Waals surface area contributed by atoms with Gasteiger partial charge in [-0.05, 0) is 50.5 Å². The van der Waals surface area contributed by atoms with Crippen molar-refractivity contribution in [1.29, 1.82) is 0 Å². The molecule has 0 aliphatic heterocycles. The molecule has 2 heterocycles. The molecular weight excluding hydrogens is 378 g/mol. The standard InChI is InChI=1S/C20H21N3O4S/c1-10-7-6-8-14(11(10)2)22-17(24)13(4)23-9-21-18-15(19(23)25)12(3)16(28-18)20(26)27-5/h6-9,13H,1-5H3,(H,22,24)/t13-/m1/s1. The Morgan fingerprint density at radius 3 is 2.61 bits per heavy atom. The van der Waals surface area contributed by atoms with Crippen molar-refractivity contribution in [2.24, 2.45) is 0 Å². The summed E-state index contributed by atoms with van der Waals surface area (Å²) in [6.45, 7) is 7.21. The molecule has 0 saturated carbocycles. The number of aryl methyl sites for hydroxylation is 2. The number of carbonyl (C=O) groups excluding carboxylic acids is 2. The molecule has 0 fully saturated rings. The number of nitrogens with zero attached hydrogens (tertiary/aromatic N) is 2.